The van der Waals surface area contributed by atoms with Gasteiger partial charge in [0.1, 0.15) is 11.5 Å². The molecular formula is C23H21ClO2. The van der Waals surface area contributed by atoms with Crippen molar-refractivity contribution in [3.63, 3.8) is 0 Å². The Morgan fingerprint density at radius 1 is 0.885 bits per heavy atom. The molecule has 0 N–H and O–H groups in total. The second-order valence-electron chi connectivity index (χ2n) is 6.96. The van der Waals surface area contributed by atoms with Gasteiger partial charge in [-0.3, -0.25) is 4.79 Å². The normalized spacial score (nSPS) is 11.2. The summed E-state index contributed by atoms with van der Waals surface area (Å²) < 4.78 is 5.89. The molecule has 0 spiro atoms. The minimum atomic E-state index is -0.529. The smallest absolute Gasteiger partial charge is 0.168 e. The van der Waals surface area contributed by atoms with Crippen LogP contribution in [-0.2, 0) is 6.42 Å². The van der Waals surface area contributed by atoms with Crippen LogP contribution in [0.15, 0.2) is 78.9 Å². The predicted octanol–water partition coefficient (Wildman–Crippen LogP) is 6.58. The van der Waals surface area contributed by atoms with Crippen molar-refractivity contribution in [2.24, 2.45) is 5.41 Å². The molecule has 0 heterocycles. The summed E-state index contributed by atoms with van der Waals surface area (Å²) in [6.07, 6.45) is 0.625. The number of Topliss-reactive ketones (excluding diaryl/α,β-unsaturated/α-hetero) is 1. The fraction of sp³-hybridized carbons (Fsp3) is 0.174. The summed E-state index contributed by atoms with van der Waals surface area (Å²) in [6, 6.07) is 24.6. The van der Waals surface area contributed by atoms with Gasteiger partial charge in [0, 0.05) is 16.0 Å². The topological polar surface area (TPSA) is 26.3 Å². The van der Waals surface area contributed by atoms with Gasteiger partial charge in [-0.25, -0.2) is 0 Å². The highest BCUT2D eigenvalue weighted by atomic mass is 35.5. The van der Waals surface area contributed by atoms with Gasteiger partial charge in [-0.2, -0.15) is 0 Å². The van der Waals surface area contributed by atoms with E-state index in [0.717, 1.165) is 17.1 Å². The minimum absolute atomic E-state index is 0.101. The van der Waals surface area contributed by atoms with Crippen LogP contribution in [0.1, 0.15) is 29.8 Å². The SMILES string of the molecule is CC(C)(Cc1cccc(Oc2ccccc2)c1)C(=O)c1ccc(Cl)cc1. The molecular weight excluding hydrogens is 344 g/mol. The van der Waals surface area contributed by atoms with Crippen molar-refractivity contribution in [2.45, 2.75) is 20.3 Å². The summed E-state index contributed by atoms with van der Waals surface area (Å²) in [6.45, 7) is 3.93. The Labute approximate surface area is 159 Å². The number of carbonyl (C=O) groups is 1. The fourth-order valence-electron chi connectivity index (χ4n) is 2.93. The van der Waals surface area contributed by atoms with E-state index in [1.165, 1.54) is 0 Å². The molecule has 0 saturated heterocycles. The van der Waals surface area contributed by atoms with E-state index in [-0.39, 0.29) is 5.78 Å². The monoisotopic (exact) mass is 364 g/mol. The van der Waals surface area contributed by atoms with Gasteiger partial charge in [-0.15, -0.1) is 0 Å². The number of ether oxygens (including phenoxy) is 1. The van der Waals surface area contributed by atoms with E-state index in [4.69, 9.17) is 16.3 Å². The number of hydrogen-bond donors (Lipinski definition) is 0. The molecule has 3 heteroatoms. The highest BCUT2D eigenvalue weighted by Gasteiger charge is 2.29. The Morgan fingerprint density at radius 2 is 1.54 bits per heavy atom. The zero-order valence-corrected chi connectivity index (χ0v) is 15.7. The molecule has 3 aromatic rings. The van der Waals surface area contributed by atoms with Crippen LogP contribution in [0, 0.1) is 5.41 Å². The summed E-state index contributed by atoms with van der Waals surface area (Å²) in [5, 5.41) is 0.630. The maximum absolute atomic E-state index is 12.9. The van der Waals surface area contributed by atoms with Gasteiger partial charge in [0.25, 0.3) is 0 Å². The standard InChI is InChI=1S/C23H21ClO2/c1-23(2,22(25)18-11-13-19(24)14-12-18)16-17-7-6-10-21(15-17)26-20-8-4-3-5-9-20/h3-15H,16H2,1-2H3. The van der Waals surface area contributed by atoms with Gasteiger partial charge < -0.3 is 4.74 Å². The first-order valence-electron chi connectivity index (χ1n) is 8.56. The first kappa shape index (κ1) is 18.2. The average Bonchev–Trinajstić information content (AvgIpc) is 2.62. The summed E-state index contributed by atoms with van der Waals surface area (Å²) in [5.41, 5.74) is 1.21. The van der Waals surface area contributed by atoms with Crippen molar-refractivity contribution in [1.29, 1.82) is 0 Å². The molecule has 0 fully saturated rings. The quantitative estimate of drug-likeness (QED) is 0.461. The second kappa shape index (κ2) is 7.76. The van der Waals surface area contributed by atoms with Crippen molar-refractivity contribution in [3.8, 4) is 11.5 Å². The fourth-order valence-corrected chi connectivity index (χ4v) is 3.05. The maximum Gasteiger partial charge on any atom is 0.168 e. The molecule has 2 nitrogen and oxygen atoms in total. The van der Waals surface area contributed by atoms with Crippen LogP contribution in [0.25, 0.3) is 0 Å². The maximum atomic E-state index is 12.9. The predicted molar refractivity (Wildman–Crippen MR) is 106 cm³/mol. The van der Waals surface area contributed by atoms with Gasteiger partial charge in [0.05, 0.1) is 0 Å². The summed E-state index contributed by atoms with van der Waals surface area (Å²) >= 11 is 5.92. The Bertz CT molecular complexity index is 884. The highest BCUT2D eigenvalue weighted by molar-refractivity contribution is 6.30. The van der Waals surface area contributed by atoms with Crippen LogP contribution in [0.4, 0.5) is 0 Å². The first-order valence-corrected chi connectivity index (χ1v) is 8.94. The van der Waals surface area contributed by atoms with E-state index in [9.17, 15) is 4.79 Å². The van der Waals surface area contributed by atoms with Crippen molar-refractivity contribution in [3.05, 3.63) is 95.0 Å². The molecule has 0 aliphatic carbocycles. The van der Waals surface area contributed by atoms with Gasteiger partial charge in [-0.05, 0) is 60.5 Å². The number of benzene rings is 3. The molecule has 0 radical (unpaired) electrons. The van der Waals surface area contributed by atoms with Crippen molar-refractivity contribution in [1.82, 2.24) is 0 Å². The molecule has 26 heavy (non-hydrogen) atoms. The zero-order valence-electron chi connectivity index (χ0n) is 14.9. The van der Waals surface area contributed by atoms with Crippen molar-refractivity contribution >= 4 is 17.4 Å². The minimum Gasteiger partial charge on any atom is -0.457 e. The molecule has 0 atom stereocenters. The molecule has 3 rings (SSSR count). The summed E-state index contributed by atoms with van der Waals surface area (Å²) in [7, 11) is 0. The lowest BCUT2D eigenvalue weighted by Gasteiger charge is -2.23. The Hall–Kier alpha value is -2.58. The Kier molecular flexibility index (Phi) is 5.43. The van der Waals surface area contributed by atoms with Crippen molar-refractivity contribution in [2.75, 3.05) is 0 Å². The lowest BCUT2D eigenvalue weighted by Crippen LogP contribution is -2.27. The molecule has 0 saturated carbocycles. The van der Waals surface area contributed by atoms with E-state index >= 15 is 0 Å². The first-order chi connectivity index (χ1) is 12.4. The highest BCUT2D eigenvalue weighted by Crippen LogP contribution is 2.30. The zero-order chi connectivity index (χ0) is 18.6. The lowest BCUT2D eigenvalue weighted by atomic mass is 9.79. The largest absolute Gasteiger partial charge is 0.457 e. The summed E-state index contributed by atoms with van der Waals surface area (Å²) in [4.78, 5) is 12.9. The molecule has 3 aromatic carbocycles. The summed E-state index contributed by atoms with van der Waals surface area (Å²) in [5.74, 6) is 1.66. The van der Waals surface area contributed by atoms with E-state index in [1.54, 1.807) is 24.3 Å². The van der Waals surface area contributed by atoms with Gasteiger partial charge >= 0.3 is 0 Å². The molecule has 0 amide bonds. The molecule has 0 aliphatic rings. The van der Waals surface area contributed by atoms with Crippen LogP contribution >= 0.6 is 11.6 Å². The third-order valence-corrected chi connectivity index (χ3v) is 4.50. The third kappa shape index (κ3) is 4.53. The number of halogens is 1. The van der Waals surface area contributed by atoms with Crippen LogP contribution in [-0.4, -0.2) is 5.78 Å². The molecule has 132 valence electrons. The Morgan fingerprint density at radius 3 is 2.23 bits per heavy atom. The van der Waals surface area contributed by atoms with Gasteiger partial charge in [-0.1, -0.05) is 55.8 Å². The van der Waals surface area contributed by atoms with E-state index in [1.807, 2.05) is 68.4 Å². The number of para-hydroxylation sites is 1. The van der Waals surface area contributed by atoms with Crippen LogP contribution in [0.2, 0.25) is 5.02 Å². The average molecular weight is 365 g/mol. The number of rotatable bonds is 6. The van der Waals surface area contributed by atoms with Crippen LogP contribution < -0.4 is 4.74 Å². The Balaban J connectivity index is 1.75. The van der Waals surface area contributed by atoms with E-state index in [0.29, 0.717) is 17.0 Å². The van der Waals surface area contributed by atoms with E-state index in [2.05, 4.69) is 0 Å². The number of hydrogen-bond acceptors (Lipinski definition) is 2. The van der Waals surface area contributed by atoms with E-state index < -0.39 is 5.41 Å². The second-order valence-corrected chi connectivity index (χ2v) is 7.40. The molecule has 0 unspecified atom stereocenters. The van der Waals surface area contributed by atoms with Crippen LogP contribution in [0.3, 0.4) is 0 Å². The number of ketones is 1. The molecule has 0 bridgehead atoms. The van der Waals surface area contributed by atoms with Crippen LogP contribution in [0.5, 0.6) is 11.5 Å². The number of carbonyl (C=O) groups excluding carboxylic acids is 1. The van der Waals surface area contributed by atoms with Gasteiger partial charge in [0.15, 0.2) is 5.78 Å². The molecule has 0 aromatic heterocycles. The molecule has 0 aliphatic heterocycles. The van der Waals surface area contributed by atoms with Crippen molar-refractivity contribution < 1.29 is 9.53 Å². The van der Waals surface area contributed by atoms with Gasteiger partial charge in [0.2, 0.25) is 0 Å². The lowest BCUT2D eigenvalue weighted by molar-refractivity contribution is 0.0837. The third-order valence-electron chi connectivity index (χ3n) is 4.24.